The summed E-state index contributed by atoms with van der Waals surface area (Å²) in [5.41, 5.74) is 0. The van der Waals surface area contributed by atoms with Crippen LogP contribution in [0.4, 0.5) is 4.79 Å². The fourth-order valence-electron chi connectivity index (χ4n) is 1.86. The van der Waals surface area contributed by atoms with E-state index in [0.717, 1.165) is 3.58 Å². The Balaban J connectivity index is 2.24. The van der Waals surface area contributed by atoms with Crippen molar-refractivity contribution in [3.8, 4) is 0 Å². The van der Waals surface area contributed by atoms with E-state index in [1.54, 1.807) is 6.08 Å². The molecule has 1 unspecified atom stereocenters. The van der Waals surface area contributed by atoms with E-state index in [-0.39, 0.29) is 12.6 Å². The van der Waals surface area contributed by atoms with E-state index in [4.69, 9.17) is 9.94 Å². The molecule has 1 N–H and O–H groups in total. The molecule has 0 spiro atoms. The molecule has 2 heterocycles. The van der Waals surface area contributed by atoms with Crippen LogP contribution >= 0.6 is 22.6 Å². The van der Waals surface area contributed by atoms with Crippen molar-refractivity contribution in [1.82, 2.24) is 9.96 Å². The molecular weight excluding hydrogens is 339 g/mol. The van der Waals surface area contributed by atoms with Gasteiger partial charge in [0.05, 0.1) is 13.2 Å². The highest BCUT2D eigenvalue weighted by molar-refractivity contribution is 14.1. The van der Waals surface area contributed by atoms with Crippen molar-refractivity contribution < 1.29 is 19.5 Å². The Morgan fingerprint density at radius 2 is 2.47 bits per heavy atom. The second-order valence-corrected chi connectivity index (χ2v) is 4.94. The Bertz CT molecular complexity index is 409. The summed E-state index contributed by atoms with van der Waals surface area (Å²) < 4.78 is 0.807. The minimum Gasteiger partial charge on any atom is -0.479 e. The maximum Gasteiger partial charge on any atom is 0.345 e. The zero-order chi connectivity index (χ0) is 12.6. The number of carbonyl (C=O) groups is 2. The lowest BCUT2D eigenvalue weighted by Gasteiger charge is -2.24. The van der Waals surface area contributed by atoms with Gasteiger partial charge in [-0.3, -0.25) is 4.84 Å². The quantitative estimate of drug-likeness (QED) is 0.607. The van der Waals surface area contributed by atoms with E-state index in [1.165, 1.54) is 16.0 Å². The summed E-state index contributed by atoms with van der Waals surface area (Å²) in [5, 5.41) is 10.3. The molecule has 2 bridgehead atoms. The number of hydrogen-bond acceptors (Lipinski definition) is 3. The number of carboxylic acids is 1. The van der Waals surface area contributed by atoms with Crippen molar-refractivity contribution in [2.24, 2.45) is 0 Å². The molecular formula is C10H11IN2O4. The van der Waals surface area contributed by atoms with Crippen molar-refractivity contribution in [2.75, 3.05) is 13.2 Å². The number of rotatable bonds is 4. The fourth-order valence-corrected chi connectivity index (χ4v) is 2.66. The molecule has 2 amide bonds. The molecule has 0 aromatic heterocycles. The van der Waals surface area contributed by atoms with E-state index in [0.29, 0.717) is 6.54 Å². The molecule has 0 aromatic carbocycles. The van der Waals surface area contributed by atoms with Gasteiger partial charge in [0.1, 0.15) is 6.04 Å². The van der Waals surface area contributed by atoms with Crippen LogP contribution in [0.3, 0.4) is 0 Å². The molecule has 6 nitrogen and oxygen atoms in total. The summed E-state index contributed by atoms with van der Waals surface area (Å²) in [6, 6.07) is -1.52. The van der Waals surface area contributed by atoms with Crippen LogP contribution in [0, 0.1) is 0 Å². The second-order valence-electron chi connectivity index (χ2n) is 3.70. The number of amides is 2. The molecule has 0 aromatic rings. The summed E-state index contributed by atoms with van der Waals surface area (Å²) in [5.74, 6) is -1.03. The number of fused-ring (bicyclic) bond motifs is 2. The van der Waals surface area contributed by atoms with Crippen LogP contribution in [0.5, 0.6) is 0 Å². The lowest BCUT2D eigenvalue weighted by Crippen LogP contribution is -2.43. The SMILES string of the molecule is C=CCON1C(=O)N2C[C@H]1C(I)=CC2C(=O)O. The van der Waals surface area contributed by atoms with Crippen LogP contribution in [-0.4, -0.2) is 52.3 Å². The highest BCUT2D eigenvalue weighted by Crippen LogP contribution is 2.33. The lowest BCUT2D eigenvalue weighted by atomic mass is 10.1. The van der Waals surface area contributed by atoms with Crippen LogP contribution < -0.4 is 0 Å². The van der Waals surface area contributed by atoms with Gasteiger partial charge >= 0.3 is 12.0 Å². The smallest absolute Gasteiger partial charge is 0.345 e. The first-order valence-corrected chi connectivity index (χ1v) is 6.07. The Labute approximate surface area is 112 Å². The van der Waals surface area contributed by atoms with Gasteiger partial charge in [0.25, 0.3) is 0 Å². The third-order valence-electron chi connectivity index (χ3n) is 2.64. The normalized spacial score (nSPS) is 27.1. The minimum atomic E-state index is -1.03. The predicted molar refractivity (Wildman–Crippen MR) is 67.4 cm³/mol. The van der Waals surface area contributed by atoms with Crippen LogP contribution in [0.25, 0.3) is 0 Å². The van der Waals surface area contributed by atoms with Crippen molar-refractivity contribution >= 4 is 34.6 Å². The molecule has 1 fully saturated rings. The standard InChI is InChI=1S/C10H11IN2O4/c1-2-3-17-13-8-5-12(10(13)16)7(9(14)15)4-6(8)11/h2,4,7-8H,1,3,5H2,(H,14,15)/t7?,8-/m0/s1. The van der Waals surface area contributed by atoms with E-state index < -0.39 is 18.0 Å². The molecule has 2 rings (SSSR count). The van der Waals surface area contributed by atoms with Gasteiger partial charge in [0.15, 0.2) is 6.04 Å². The highest BCUT2D eigenvalue weighted by atomic mass is 127. The van der Waals surface area contributed by atoms with Crippen LogP contribution in [0.2, 0.25) is 0 Å². The zero-order valence-electron chi connectivity index (χ0n) is 8.88. The van der Waals surface area contributed by atoms with Crippen molar-refractivity contribution in [2.45, 2.75) is 12.1 Å². The van der Waals surface area contributed by atoms with Crippen LogP contribution in [0.15, 0.2) is 22.3 Å². The first-order chi connectivity index (χ1) is 8.06. The van der Waals surface area contributed by atoms with E-state index in [9.17, 15) is 9.59 Å². The lowest BCUT2D eigenvalue weighted by molar-refractivity contribution is -0.140. The van der Waals surface area contributed by atoms with Gasteiger partial charge < -0.3 is 10.0 Å². The predicted octanol–water partition coefficient (Wildman–Crippen LogP) is 0.996. The molecule has 0 saturated carbocycles. The Morgan fingerprint density at radius 3 is 3.06 bits per heavy atom. The number of nitrogens with zero attached hydrogens (tertiary/aromatic N) is 2. The number of hydrogen-bond donors (Lipinski definition) is 1. The van der Waals surface area contributed by atoms with Gasteiger partial charge in [-0.15, -0.1) is 6.58 Å². The maximum atomic E-state index is 11.9. The number of aliphatic carboxylic acids is 1. The molecule has 2 aliphatic heterocycles. The molecule has 0 aliphatic carbocycles. The molecule has 0 radical (unpaired) electrons. The molecule has 2 aliphatic rings. The first-order valence-electron chi connectivity index (χ1n) is 5.00. The Hall–Kier alpha value is -1.09. The number of hydroxylamine groups is 2. The third-order valence-corrected chi connectivity index (χ3v) is 3.72. The van der Waals surface area contributed by atoms with Gasteiger partial charge in [-0.25, -0.2) is 9.59 Å². The summed E-state index contributed by atoms with van der Waals surface area (Å²) >= 11 is 2.04. The van der Waals surface area contributed by atoms with Gasteiger partial charge in [0, 0.05) is 3.58 Å². The molecule has 92 valence electrons. The van der Waals surface area contributed by atoms with Gasteiger partial charge in [-0.05, 0) is 28.7 Å². The molecule has 2 atom stereocenters. The average Bonchev–Trinajstić information content (AvgIpc) is 2.56. The maximum absolute atomic E-state index is 11.9. The third kappa shape index (κ3) is 2.04. The van der Waals surface area contributed by atoms with Gasteiger partial charge in [0.2, 0.25) is 0 Å². The number of carboxylic acid groups (broad SMARTS) is 1. The molecule has 7 heteroatoms. The summed E-state index contributed by atoms with van der Waals surface area (Å²) in [4.78, 5) is 29.5. The zero-order valence-corrected chi connectivity index (χ0v) is 11.0. The fraction of sp³-hybridized carbons (Fsp3) is 0.400. The molecule has 17 heavy (non-hydrogen) atoms. The Kier molecular flexibility index (Phi) is 3.38. The number of halogens is 1. The van der Waals surface area contributed by atoms with Crippen LogP contribution in [-0.2, 0) is 9.63 Å². The summed E-state index contributed by atoms with van der Waals surface area (Å²) in [6.45, 7) is 4.08. The monoisotopic (exact) mass is 350 g/mol. The van der Waals surface area contributed by atoms with E-state index >= 15 is 0 Å². The largest absolute Gasteiger partial charge is 0.479 e. The molecule has 1 saturated heterocycles. The number of carbonyl (C=O) groups excluding carboxylic acids is 1. The van der Waals surface area contributed by atoms with E-state index in [1.807, 2.05) is 22.6 Å². The number of urea groups is 1. The Morgan fingerprint density at radius 1 is 1.76 bits per heavy atom. The average molecular weight is 350 g/mol. The topological polar surface area (TPSA) is 70.1 Å². The van der Waals surface area contributed by atoms with Crippen LogP contribution in [0.1, 0.15) is 0 Å². The van der Waals surface area contributed by atoms with Crippen molar-refractivity contribution in [3.05, 3.63) is 22.3 Å². The highest BCUT2D eigenvalue weighted by Gasteiger charge is 2.48. The first kappa shape index (κ1) is 12.4. The van der Waals surface area contributed by atoms with Gasteiger partial charge in [-0.1, -0.05) is 6.08 Å². The minimum absolute atomic E-state index is 0.210. The second kappa shape index (κ2) is 4.65. The summed E-state index contributed by atoms with van der Waals surface area (Å²) in [7, 11) is 0. The van der Waals surface area contributed by atoms with Crippen molar-refractivity contribution in [3.63, 3.8) is 0 Å². The van der Waals surface area contributed by atoms with Crippen molar-refractivity contribution in [1.29, 1.82) is 0 Å². The van der Waals surface area contributed by atoms with Gasteiger partial charge in [-0.2, -0.15) is 5.06 Å². The van der Waals surface area contributed by atoms with E-state index in [2.05, 4.69) is 6.58 Å². The summed E-state index contributed by atoms with van der Waals surface area (Å²) in [6.07, 6.45) is 3.11.